The van der Waals surface area contributed by atoms with Crippen molar-refractivity contribution >= 4 is 55.5 Å². The van der Waals surface area contributed by atoms with Gasteiger partial charge in [0.05, 0.1) is 35.2 Å². The van der Waals surface area contributed by atoms with E-state index in [0.717, 1.165) is 0 Å². The Morgan fingerprint density at radius 2 is 1.23 bits per heavy atom. The van der Waals surface area contributed by atoms with E-state index in [0.29, 0.717) is 11.4 Å². The normalized spacial score (nSPS) is 13.2. The molecule has 210 valence electrons. The lowest BCUT2D eigenvalue weighted by molar-refractivity contribution is -0.133. The van der Waals surface area contributed by atoms with Gasteiger partial charge in [0.25, 0.3) is 24.5 Å². The highest BCUT2D eigenvalue weighted by molar-refractivity contribution is 7.33. The number of carbonyl (C=O) groups is 2. The Kier molecular flexibility index (Phi) is 11.9. The zero-order chi connectivity index (χ0) is 29.8. The molecule has 0 aliphatic rings. The first-order valence-corrected chi connectivity index (χ1v) is 12.4. The second kappa shape index (κ2) is 15.0. The molecule has 2 rings (SSSR count). The fourth-order valence-electron chi connectivity index (χ4n) is 2.69. The minimum absolute atomic E-state index is 0.00935. The zero-order valence-corrected chi connectivity index (χ0v) is 22.8. The molecule has 2 N–H and O–H groups in total. The molecule has 0 fully saturated rings. The predicted molar refractivity (Wildman–Crippen MR) is 144 cm³/mol. The van der Waals surface area contributed by atoms with Gasteiger partial charge in [-0.15, -0.1) is 0 Å². The van der Waals surface area contributed by atoms with Crippen LogP contribution in [0.4, 0.5) is 31.5 Å². The van der Waals surface area contributed by atoms with E-state index in [9.17, 15) is 33.5 Å². The smallest absolute Gasteiger partial charge is 0.325 e. The summed E-state index contributed by atoms with van der Waals surface area (Å²) in [6, 6.07) is 11.7. The Balaban J connectivity index is 1.94. The highest BCUT2D eigenvalue weighted by Gasteiger charge is 2.26. The number of rotatable bonds is 12. The molecule has 13 nitrogen and oxygen atoms in total. The van der Waals surface area contributed by atoms with Crippen molar-refractivity contribution in [2.45, 2.75) is 12.7 Å². The van der Waals surface area contributed by atoms with E-state index < -0.39 is 32.8 Å². The number of hydrogen-bond donors (Lipinski definition) is 2. The summed E-state index contributed by atoms with van der Waals surface area (Å²) in [5.41, 5.74) is 0.767. The second-order valence-electron chi connectivity index (χ2n) is 8.20. The van der Waals surface area contributed by atoms with Crippen LogP contribution in [0, 0.1) is 22.7 Å². The first-order valence-electron chi connectivity index (χ1n) is 11.2. The Bertz CT molecular complexity index is 1300. The van der Waals surface area contributed by atoms with Gasteiger partial charge in [-0.25, -0.2) is 18.8 Å². The van der Waals surface area contributed by atoms with E-state index in [-0.39, 0.29) is 22.5 Å². The summed E-state index contributed by atoms with van der Waals surface area (Å²) in [7, 11) is 2.91. The fourth-order valence-corrected chi connectivity index (χ4v) is 3.30. The number of amides is 2. The second-order valence-corrected chi connectivity index (χ2v) is 9.17. The minimum atomic E-state index is -4.00. The van der Waals surface area contributed by atoms with Crippen molar-refractivity contribution in [2.24, 2.45) is 9.98 Å². The minimum Gasteiger partial charge on any atom is -0.369 e. The third-order valence-electron chi connectivity index (χ3n) is 4.44. The van der Waals surface area contributed by atoms with Crippen LogP contribution >= 0.6 is 8.25 Å². The van der Waals surface area contributed by atoms with Crippen LogP contribution in [-0.2, 0) is 23.2 Å². The highest BCUT2D eigenvalue weighted by atomic mass is 31.1. The Labute approximate surface area is 229 Å². The number of anilines is 2. The van der Waals surface area contributed by atoms with E-state index in [2.05, 4.69) is 29.7 Å². The summed E-state index contributed by atoms with van der Waals surface area (Å²) in [5, 5.41) is 22.8. The van der Waals surface area contributed by atoms with Gasteiger partial charge in [0.2, 0.25) is 0 Å². The van der Waals surface area contributed by atoms with E-state index in [1.807, 2.05) is 12.1 Å². The van der Waals surface area contributed by atoms with Gasteiger partial charge in [-0.1, -0.05) is 0 Å². The molecule has 0 aliphatic carbocycles. The van der Waals surface area contributed by atoms with E-state index in [1.54, 1.807) is 38.0 Å². The number of nitriles is 2. The number of halogens is 2. The van der Waals surface area contributed by atoms with E-state index in [1.165, 1.54) is 49.1 Å². The molecule has 0 spiro atoms. The molecule has 0 heterocycles. The van der Waals surface area contributed by atoms with Gasteiger partial charge < -0.3 is 20.4 Å². The number of nitrogens with zero attached hydrogens (tertiary/aromatic N) is 6. The molecule has 0 aliphatic heterocycles. The van der Waals surface area contributed by atoms with Crippen LogP contribution in [-0.4, -0.2) is 75.2 Å². The average Bonchev–Trinajstić information content (AvgIpc) is 2.90. The number of benzene rings is 2. The van der Waals surface area contributed by atoms with Crippen LogP contribution in [0.1, 0.15) is 11.1 Å². The molecule has 40 heavy (non-hydrogen) atoms. The average molecular weight is 574 g/mol. The van der Waals surface area contributed by atoms with Gasteiger partial charge in [0.1, 0.15) is 12.1 Å². The third-order valence-corrected chi connectivity index (χ3v) is 5.24. The van der Waals surface area contributed by atoms with Crippen molar-refractivity contribution in [3.63, 3.8) is 0 Å². The first-order chi connectivity index (χ1) is 18.9. The first kappa shape index (κ1) is 31.5. The quantitative estimate of drug-likeness (QED) is 0.219. The maximum atomic E-state index is 14.2. The molecule has 0 radical (unpaired) electrons. The van der Waals surface area contributed by atoms with Crippen LogP contribution in [0.2, 0.25) is 0 Å². The number of hydrogen-bond acceptors (Lipinski definition) is 9. The molecule has 0 bridgehead atoms. The number of carbonyl (C=O) groups excluding carboxylic acids is 2. The molecular formula is C24H25F2N8O5P. The van der Waals surface area contributed by atoms with Gasteiger partial charge in [0.15, 0.2) is 0 Å². The molecule has 16 heteroatoms. The number of nitrogens with one attached hydrogen (secondary N) is 2. The molecule has 2 amide bonds. The lowest BCUT2D eigenvalue weighted by Crippen LogP contribution is -2.27. The van der Waals surface area contributed by atoms with Crippen molar-refractivity contribution in [2.75, 3.05) is 38.8 Å². The van der Waals surface area contributed by atoms with Gasteiger partial charge in [-0.2, -0.15) is 10.5 Å². The van der Waals surface area contributed by atoms with Crippen molar-refractivity contribution in [3.05, 3.63) is 47.5 Å². The van der Waals surface area contributed by atoms with Crippen molar-refractivity contribution in [1.82, 2.24) is 9.80 Å². The monoisotopic (exact) mass is 574 g/mol. The molecule has 2 aromatic carbocycles. The van der Waals surface area contributed by atoms with Crippen LogP contribution < -0.4 is 10.6 Å². The fraction of sp³-hybridized carbons (Fsp3) is 0.250. The largest absolute Gasteiger partial charge is 0.369 e. The summed E-state index contributed by atoms with van der Waals surface area (Å²) >= 11 is 0. The van der Waals surface area contributed by atoms with Crippen molar-refractivity contribution in [1.29, 1.82) is 10.5 Å². The third kappa shape index (κ3) is 9.89. The molecule has 0 aromatic heterocycles. The SMILES string of the molecule is CN(C)/C=N/c1ccc(NC(=O)C(F)O[PH](=O)OC(F)C(=O)Nc2ccc(/N=C/N(C)C)c(C#N)c2)cc1C#N. The standard InChI is InChI=1S/C24H25F2N8O5P/c1-33(2)13-29-19-7-5-17(9-15(19)11-27)31-23(35)21(25)38-40(37)39-22(26)24(36)32-18-6-8-20(16(10-18)12-28)30-14-34(3)4/h5-10,13-14,21-22,40H,1-4H3,(H,31,35)(H,32,36)/b29-13+,30-14+. The van der Waals surface area contributed by atoms with E-state index >= 15 is 0 Å². The summed E-state index contributed by atoms with van der Waals surface area (Å²) in [4.78, 5) is 35.6. The lowest BCUT2D eigenvalue weighted by atomic mass is 10.1. The molecular weight excluding hydrogens is 549 g/mol. The summed E-state index contributed by atoms with van der Waals surface area (Å²) < 4.78 is 48.8. The predicted octanol–water partition coefficient (Wildman–Crippen LogP) is 3.46. The Morgan fingerprint density at radius 3 is 1.55 bits per heavy atom. The molecule has 2 atom stereocenters. The van der Waals surface area contributed by atoms with Gasteiger partial charge in [-0.05, 0) is 36.4 Å². The molecule has 0 saturated heterocycles. The molecule has 2 aromatic rings. The highest BCUT2D eigenvalue weighted by Crippen LogP contribution is 2.31. The maximum Gasteiger partial charge on any atom is 0.325 e. The van der Waals surface area contributed by atoms with E-state index in [4.69, 9.17) is 0 Å². The van der Waals surface area contributed by atoms with Crippen LogP contribution in [0.25, 0.3) is 0 Å². The topological polar surface area (TPSA) is 173 Å². The lowest BCUT2D eigenvalue weighted by Gasteiger charge is -2.13. The van der Waals surface area contributed by atoms with Gasteiger partial charge in [-0.3, -0.25) is 23.2 Å². The van der Waals surface area contributed by atoms with Crippen LogP contribution in [0.5, 0.6) is 0 Å². The van der Waals surface area contributed by atoms with Gasteiger partial charge in [0, 0.05) is 39.6 Å². The van der Waals surface area contributed by atoms with Crippen LogP contribution in [0.3, 0.4) is 0 Å². The molecule has 0 saturated carbocycles. The number of aliphatic imine (C=N–C) groups is 2. The summed E-state index contributed by atoms with van der Waals surface area (Å²) in [6.07, 6.45) is -2.80. The van der Waals surface area contributed by atoms with Crippen molar-refractivity contribution < 1.29 is 32.0 Å². The maximum absolute atomic E-state index is 14.2. The zero-order valence-electron chi connectivity index (χ0n) is 21.8. The Morgan fingerprint density at radius 1 is 0.850 bits per heavy atom. The van der Waals surface area contributed by atoms with Crippen LogP contribution in [0.15, 0.2) is 46.4 Å². The number of alkyl halides is 2. The molecule has 2 unspecified atom stereocenters. The van der Waals surface area contributed by atoms with Gasteiger partial charge >= 0.3 is 8.25 Å². The Hall–Kier alpha value is -4.69. The van der Waals surface area contributed by atoms with Crippen molar-refractivity contribution in [3.8, 4) is 12.1 Å². The summed E-state index contributed by atoms with van der Waals surface area (Å²) in [5.74, 6) is -2.84. The summed E-state index contributed by atoms with van der Waals surface area (Å²) in [6.45, 7) is 0.